The van der Waals surface area contributed by atoms with Crippen LogP contribution in [0.1, 0.15) is 24.8 Å². The highest BCUT2D eigenvalue weighted by atomic mass is 32.1. The summed E-state index contributed by atoms with van der Waals surface area (Å²) in [4.78, 5) is 17.9. The minimum Gasteiger partial charge on any atom is -0.340 e. The van der Waals surface area contributed by atoms with E-state index in [2.05, 4.69) is 40.2 Å². The van der Waals surface area contributed by atoms with E-state index in [1.165, 1.54) is 6.07 Å². The molecule has 0 unspecified atom stereocenters. The molecule has 0 aliphatic carbocycles. The Morgan fingerprint density at radius 3 is 2.60 bits per heavy atom. The van der Waals surface area contributed by atoms with Gasteiger partial charge in [0.2, 0.25) is 0 Å². The Morgan fingerprint density at radius 1 is 0.967 bits per heavy atom. The first-order valence-corrected chi connectivity index (χ1v) is 10.4. The number of benzene rings is 2. The summed E-state index contributed by atoms with van der Waals surface area (Å²) in [6.07, 6.45) is 3.34. The van der Waals surface area contributed by atoms with Crippen molar-refractivity contribution in [1.82, 2.24) is 19.9 Å². The first kappa shape index (κ1) is 18.6. The SMILES string of the molecule is CC(C)c1nc2ccc(Nc3nc(-c4ccncc4)nc4c(F)cccc34)cc2s1. The maximum absolute atomic E-state index is 14.6. The highest BCUT2D eigenvalue weighted by Crippen LogP contribution is 2.32. The predicted molar refractivity (Wildman–Crippen MR) is 120 cm³/mol. The summed E-state index contributed by atoms with van der Waals surface area (Å²) < 4.78 is 15.7. The molecule has 0 atom stereocenters. The van der Waals surface area contributed by atoms with Crippen LogP contribution in [-0.2, 0) is 0 Å². The molecule has 3 heterocycles. The molecule has 5 rings (SSSR count). The van der Waals surface area contributed by atoms with E-state index in [-0.39, 0.29) is 11.3 Å². The monoisotopic (exact) mass is 415 g/mol. The van der Waals surface area contributed by atoms with Crippen LogP contribution < -0.4 is 5.32 Å². The molecule has 0 saturated heterocycles. The Bertz CT molecular complexity index is 1360. The van der Waals surface area contributed by atoms with Gasteiger partial charge in [0.05, 0.1) is 15.2 Å². The van der Waals surface area contributed by atoms with E-state index < -0.39 is 0 Å². The molecule has 0 radical (unpaired) electrons. The lowest BCUT2D eigenvalue weighted by atomic mass is 10.2. The summed E-state index contributed by atoms with van der Waals surface area (Å²) >= 11 is 1.69. The van der Waals surface area contributed by atoms with Gasteiger partial charge < -0.3 is 5.32 Å². The molecule has 148 valence electrons. The fraction of sp³-hybridized carbons (Fsp3) is 0.130. The minimum atomic E-state index is -0.382. The molecular weight excluding hydrogens is 397 g/mol. The van der Waals surface area contributed by atoms with Gasteiger partial charge in [-0.05, 0) is 42.5 Å². The number of pyridine rings is 1. The van der Waals surface area contributed by atoms with Crippen molar-refractivity contribution in [3.05, 3.63) is 71.7 Å². The molecule has 1 N–H and O–H groups in total. The van der Waals surface area contributed by atoms with Crippen molar-refractivity contribution in [1.29, 1.82) is 0 Å². The number of halogens is 1. The highest BCUT2D eigenvalue weighted by Gasteiger charge is 2.14. The van der Waals surface area contributed by atoms with Crippen molar-refractivity contribution in [2.24, 2.45) is 0 Å². The third-order valence-electron chi connectivity index (χ3n) is 4.78. The second-order valence-electron chi connectivity index (χ2n) is 7.28. The summed E-state index contributed by atoms with van der Waals surface area (Å²) in [5.41, 5.74) is 2.90. The quantitative estimate of drug-likeness (QED) is 0.373. The highest BCUT2D eigenvalue weighted by molar-refractivity contribution is 7.18. The van der Waals surface area contributed by atoms with Crippen LogP contribution in [-0.4, -0.2) is 19.9 Å². The van der Waals surface area contributed by atoms with Crippen molar-refractivity contribution in [2.75, 3.05) is 5.32 Å². The predicted octanol–water partition coefficient (Wildman–Crippen LogP) is 6.31. The van der Waals surface area contributed by atoms with E-state index in [9.17, 15) is 4.39 Å². The molecule has 0 aliphatic rings. The van der Waals surface area contributed by atoms with Gasteiger partial charge in [-0.25, -0.2) is 19.3 Å². The average molecular weight is 415 g/mol. The molecule has 5 aromatic rings. The number of rotatable bonds is 4. The molecule has 30 heavy (non-hydrogen) atoms. The van der Waals surface area contributed by atoms with Gasteiger partial charge in [-0.1, -0.05) is 19.9 Å². The number of nitrogens with zero attached hydrogens (tertiary/aromatic N) is 4. The summed E-state index contributed by atoms with van der Waals surface area (Å²) in [6.45, 7) is 4.28. The molecule has 0 amide bonds. The van der Waals surface area contributed by atoms with Crippen LogP contribution in [0.15, 0.2) is 60.9 Å². The molecule has 0 aliphatic heterocycles. The molecule has 3 aromatic heterocycles. The lowest BCUT2D eigenvalue weighted by Crippen LogP contribution is -2.00. The molecule has 0 saturated carbocycles. The Hall–Kier alpha value is -3.45. The number of hydrogen-bond donors (Lipinski definition) is 1. The van der Waals surface area contributed by atoms with Crippen LogP contribution in [0.5, 0.6) is 0 Å². The Morgan fingerprint density at radius 2 is 1.80 bits per heavy atom. The van der Waals surface area contributed by atoms with Crippen LogP contribution in [0.4, 0.5) is 15.9 Å². The zero-order chi connectivity index (χ0) is 20.7. The van der Waals surface area contributed by atoms with E-state index in [0.29, 0.717) is 22.9 Å². The molecule has 0 fully saturated rings. The zero-order valence-electron chi connectivity index (χ0n) is 16.4. The Balaban J connectivity index is 1.63. The first-order valence-electron chi connectivity index (χ1n) is 9.62. The largest absolute Gasteiger partial charge is 0.340 e. The van der Waals surface area contributed by atoms with Gasteiger partial charge in [0.1, 0.15) is 17.2 Å². The van der Waals surface area contributed by atoms with Crippen LogP contribution in [0, 0.1) is 5.82 Å². The maximum Gasteiger partial charge on any atom is 0.162 e. The summed E-state index contributed by atoms with van der Waals surface area (Å²) in [5.74, 6) is 1.00. The second-order valence-corrected chi connectivity index (χ2v) is 8.34. The Kier molecular flexibility index (Phi) is 4.59. The molecular formula is C23H18FN5S. The van der Waals surface area contributed by atoms with Crippen molar-refractivity contribution >= 4 is 44.0 Å². The second kappa shape index (κ2) is 7.42. The van der Waals surface area contributed by atoms with E-state index >= 15 is 0 Å². The normalized spacial score (nSPS) is 11.5. The number of anilines is 2. The summed E-state index contributed by atoms with van der Waals surface area (Å²) in [7, 11) is 0. The third kappa shape index (κ3) is 3.37. The summed E-state index contributed by atoms with van der Waals surface area (Å²) in [6, 6.07) is 14.5. The topological polar surface area (TPSA) is 63.6 Å². The van der Waals surface area contributed by atoms with Crippen molar-refractivity contribution in [3.63, 3.8) is 0 Å². The standard InChI is InChI=1S/C23H18FN5S/c1-13(2)23-27-18-7-6-15(12-19(18)30-23)26-22-16-4-3-5-17(24)20(16)28-21(29-22)14-8-10-25-11-9-14/h3-13H,1-2H3,(H,26,28,29). The van der Waals surface area contributed by atoms with E-state index in [1.54, 1.807) is 29.8 Å². The zero-order valence-corrected chi connectivity index (χ0v) is 17.2. The van der Waals surface area contributed by atoms with Crippen molar-refractivity contribution in [3.8, 4) is 11.4 Å². The van der Waals surface area contributed by atoms with Gasteiger partial charge in [0.25, 0.3) is 0 Å². The van der Waals surface area contributed by atoms with Gasteiger partial charge in [0.15, 0.2) is 5.82 Å². The smallest absolute Gasteiger partial charge is 0.162 e. The van der Waals surface area contributed by atoms with Crippen LogP contribution in [0.25, 0.3) is 32.5 Å². The van der Waals surface area contributed by atoms with Crippen LogP contribution >= 0.6 is 11.3 Å². The van der Waals surface area contributed by atoms with E-state index in [1.807, 2.05) is 30.3 Å². The molecule has 5 nitrogen and oxygen atoms in total. The molecule has 0 spiro atoms. The fourth-order valence-electron chi connectivity index (χ4n) is 3.25. The van der Waals surface area contributed by atoms with E-state index in [4.69, 9.17) is 4.98 Å². The van der Waals surface area contributed by atoms with Gasteiger partial charge in [-0.3, -0.25) is 4.98 Å². The third-order valence-corrected chi connectivity index (χ3v) is 6.10. The maximum atomic E-state index is 14.6. The van der Waals surface area contributed by atoms with Crippen molar-refractivity contribution < 1.29 is 4.39 Å². The number of hydrogen-bond acceptors (Lipinski definition) is 6. The minimum absolute atomic E-state index is 0.280. The molecule has 2 aromatic carbocycles. The van der Waals surface area contributed by atoms with Gasteiger partial charge in [-0.15, -0.1) is 11.3 Å². The lowest BCUT2D eigenvalue weighted by molar-refractivity contribution is 0.636. The van der Waals surface area contributed by atoms with Gasteiger partial charge >= 0.3 is 0 Å². The van der Waals surface area contributed by atoms with Crippen molar-refractivity contribution in [2.45, 2.75) is 19.8 Å². The lowest BCUT2D eigenvalue weighted by Gasteiger charge is -2.11. The number of aromatic nitrogens is 4. The van der Waals surface area contributed by atoms with Gasteiger partial charge in [-0.2, -0.15) is 0 Å². The number of para-hydroxylation sites is 1. The fourth-order valence-corrected chi connectivity index (χ4v) is 4.26. The molecule has 0 bridgehead atoms. The number of thiazole rings is 1. The summed E-state index contributed by atoms with van der Waals surface area (Å²) in [5, 5.41) is 5.09. The van der Waals surface area contributed by atoms with Crippen LogP contribution in [0.2, 0.25) is 0 Å². The Labute approximate surface area is 176 Å². The molecule has 7 heteroatoms. The first-order chi connectivity index (χ1) is 14.6. The van der Waals surface area contributed by atoms with E-state index in [0.717, 1.165) is 26.5 Å². The number of nitrogens with one attached hydrogen (secondary N) is 1. The van der Waals surface area contributed by atoms with Crippen LogP contribution in [0.3, 0.4) is 0 Å². The number of fused-ring (bicyclic) bond motifs is 2. The average Bonchev–Trinajstić information content (AvgIpc) is 3.19. The van der Waals surface area contributed by atoms with Gasteiger partial charge in [0, 0.05) is 34.9 Å².